The molecule has 0 aliphatic carbocycles. The molecule has 2 aromatic rings. The van der Waals surface area contributed by atoms with Gasteiger partial charge in [0.25, 0.3) is 0 Å². The number of hydrogen-bond donors (Lipinski definition) is 1. The van der Waals surface area contributed by atoms with Crippen LogP contribution in [0.25, 0.3) is 0 Å². The van der Waals surface area contributed by atoms with Crippen LogP contribution in [-0.4, -0.2) is 5.91 Å². The molecular weight excluding hydrogens is 405 g/mol. The largest absolute Gasteiger partial charge is 0.326 e. The van der Waals surface area contributed by atoms with Crippen molar-refractivity contribution in [2.75, 3.05) is 5.32 Å². The molecule has 1 atom stereocenters. The normalized spacial score (nSPS) is 14.8. The summed E-state index contributed by atoms with van der Waals surface area (Å²) < 4.78 is 0.881. The SMILES string of the molecule is O=C1Cc2cc(C(Br)c3ccc(Br)c(Cl)c3)ccc2N1. The second-order valence-electron chi connectivity index (χ2n) is 4.68. The number of halogens is 3. The van der Waals surface area contributed by atoms with Gasteiger partial charge in [-0.25, -0.2) is 0 Å². The highest BCUT2D eigenvalue weighted by Crippen LogP contribution is 2.36. The zero-order valence-corrected chi connectivity index (χ0v) is 14.2. The molecule has 1 N–H and O–H groups in total. The van der Waals surface area contributed by atoms with Crippen LogP contribution < -0.4 is 5.32 Å². The summed E-state index contributed by atoms with van der Waals surface area (Å²) in [4.78, 5) is 11.4. The number of benzene rings is 2. The van der Waals surface area contributed by atoms with Crippen LogP contribution in [0.1, 0.15) is 21.5 Å². The lowest BCUT2D eigenvalue weighted by Crippen LogP contribution is -2.03. The van der Waals surface area contributed by atoms with Crippen molar-refractivity contribution in [2.45, 2.75) is 11.2 Å². The summed E-state index contributed by atoms with van der Waals surface area (Å²) in [5.74, 6) is 0.0509. The summed E-state index contributed by atoms with van der Waals surface area (Å²) in [6.45, 7) is 0. The number of nitrogens with one attached hydrogen (secondary N) is 1. The maximum absolute atomic E-state index is 11.4. The Hall–Kier alpha value is -0.840. The van der Waals surface area contributed by atoms with Gasteiger partial charge in [-0.2, -0.15) is 0 Å². The summed E-state index contributed by atoms with van der Waals surface area (Å²) in [5.41, 5.74) is 4.14. The Balaban J connectivity index is 1.94. The van der Waals surface area contributed by atoms with Crippen LogP contribution in [-0.2, 0) is 11.2 Å². The number of rotatable bonds is 2. The van der Waals surface area contributed by atoms with Gasteiger partial charge in [0.05, 0.1) is 16.3 Å². The minimum Gasteiger partial charge on any atom is -0.326 e. The molecule has 0 spiro atoms. The van der Waals surface area contributed by atoms with Crippen molar-refractivity contribution in [1.82, 2.24) is 0 Å². The van der Waals surface area contributed by atoms with Gasteiger partial charge < -0.3 is 5.32 Å². The van der Waals surface area contributed by atoms with E-state index in [0.717, 1.165) is 26.9 Å². The lowest BCUT2D eigenvalue weighted by Gasteiger charge is -2.13. The van der Waals surface area contributed by atoms with Gasteiger partial charge in [-0.05, 0) is 50.8 Å². The Bertz CT molecular complexity index is 702. The van der Waals surface area contributed by atoms with Crippen molar-refractivity contribution in [2.24, 2.45) is 0 Å². The third-order valence-electron chi connectivity index (χ3n) is 3.28. The summed E-state index contributed by atoms with van der Waals surface area (Å²) in [6.07, 6.45) is 0.448. The van der Waals surface area contributed by atoms with Crippen molar-refractivity contribution in [1.29, 1.82) is 0 Å². The second-order valence-corrected chi connectivity index (χ2v) is 6.85. The van der Waals surface area contributed by atoms with Crippen molar-refractivity contribution in [3.8, 4) is 0 Å². The standard InChI is InChI=1S/C15H10Br2ClNO/c16-11-3-1-9(6-12(11)18)15(17)8-2-4-13-10(5-8)7-14(20)19-13/h1-6,15H,7H2,(H,19,20). The first-order chi connectivity index (χ1) is 9.54. The third kappa shape index (κ3) is 2.65. The number of hydrogen-bond acceptors (Lipinski definition) is 1. The monoisotopic (exact) mass is 413 g/mol. The zero-order chi connectivity index (χ0) is 14.3. The number of alkyl halides is 1. The molecule has 0 aromatic heterocycles. The Morgan fingerprint density at radius 2 is 1.85 bits per heavy atom. The molecular formula is C15H10Br2ClNO. The molecule has 2 aromatic carbocycles. The molecule has 1 unspecified atom stereocenters. The molecule has 1 aliphatic heterocycles. The van der Waals surface area contributed by atoms with E-state index in [9.17, 15) is 4.79 Å². The predicted octanol–water partition coefficient (Wildman–Crippen LogP) is 5.08. The Labute approximate surface area is 138 Å². The summed E-state index contributed by atoms with van der Waals surface area (Å²) in [7, 11) is 0. The van der Waals surface area contributed by atoms with Gasteiger partial charge in [0.15, 0.2) is 0 Å². The first kappa shape index (κ1) is 14.1. The smallest absolute Gasteiger partial charge is 0.228 e. The van der Waals surface area contributed by atoms with E-state index in [1.807, 2.05) is 30.3 Å². The Morgan fingerprint density at radius 1 is 1.15 bits per heavy atom. The third-order valence-corrected chi connectivity index (χ3v) is 5.57. The molecule has 20 heavy (non-hydrogen) atoms. The highest BCUT2D eigenvalue weighted by Gasteiger charge is 2.20. The van der Waals surface area contributed by atoms with E-state index in [4.69, 9.17) is 11.6 Å². The van der Waals surface area contributed by atoms with Crippen LogP contribution in [0.3, 0.4) is 0 Å². The fourth-order valence-corrected chi connectivity index (χ4v) is 3.27. The zero-order valence-electron chi connectivity index (χ0n) is 10.3. The molecule has 0 saturated carbocycles. The van der Waals surface area contributed by atoms with E-state index < -0.39 is 0 Å². The highest BCUT2D eigenvalue weighted by atomic mass is 79.9. The van der Waals surface area contributed by atoms with E-state index in [2.05, 4.69) is 43.2 Å². The molecule has 5 heteroatoms. The summed E-state index contributed by atoms with van der Waals surface area (Å²) >= 11 is 13.2. The second kappa shape index (κ2) is 5.51. The highest BCUT2D eigenvalue weighted by molar-refractivity contribution is 9.10. The molecule has 0 bridgehead atoms. The van der Waals surface area contributed by atoms with Crippen LogP contribution in [0, 0.1) is 0 Å². The average Bonchev–Trinajstić information content (AvgIpc) is 2.80. The maximum Gasteiger partial charge on any atom is 0.228 e. The van der Waals surface area contributed by atoms with Crippen molar-refractivity contribution < 1.29 is 4.79 Å². The van der Waals surface area contributed by atoms with Gasteiger partial charge in [-0.15, -0.1) is 0 Å². The van der Waals surface area contributed by atoms with Gasteiger partial charge >= 0.3 is 0 Å². The molecule has 0 saturated heterocycles. The van der Waals surface area contributed by atoms with Crippen molar-refractivity contribution in [3.63, 3.8) is 0 Å². The average molecular weight is 416 g/mol. The van der Waals surface area contributed by atoms with Crippen LogP contribution in [0.5, 0.6) is 0 Å². The van der Waals surface area contributed by atoms with Crippen LogP contribution in [0.15, 0.2) is 40.9 Å². The Morgan fingerprint density at radius 3 is 2.60 bits per heavy atom. The topological polar surface area (TPSA) is 29.1 Å². The number of carbonyl (C=O) groups is 1. The lowest BCUT2D eigenvalue weighted by atomic mass is 10.0. The predicted molar refractivity (Wildman–Crippen MR) is 88.7 cm³/mol. The van der Waals surface area contributed by atoms with E-state index in [1.54, 1.807) is 0 Å². The first-order valence-electron chi connectivity index (χ1n) is 6.06. The van der Waals surface area contributed by atoms with E-state index in [0.29, 0.717) is 11.4 Å². The molecule has 3 rings (SSSR count). The lowest BCUT2D eigenvalue weighted by molar-refractivity contribution is -0.115. The van der Waals surface area contributed by atoms with Gasteiger partial charge in [0, 0.05) is 10.2 Å². The minimum absolute atomic E-state index is 0.0501. The molecule has 1 heterocycles. The minimum atomic E-state index is 0.0501. The number of anilines is 1. The van der Waals surface area contributed by atoms with E-state index in [-0.39, 0.29) is 10.7 Å². The van der Waals surface area contributed by atoms with E-state index in [1.165, 1.54) is 0 Å². The summed E-state index contributed by atoms with van der Waals surface area (Å²) in [6, 6.07) is 11.9. The molecule has 0 fully saturated rings. The molecule has 102 valence electrons. The Kier molecular flexibility index (Phi) is 3.89. The van der Waals surface area contributed by atoms with Gasteiger partial charge in [0.2, 0.25) is 5.91 Å². The number of carbonyl (C=O) groups excluding carboxylic acids is 1. The van der Waals surface area contributed by atoms with Crippen molar-refractivity contribution in [3.05, 3.63) is 62.6 Å². The van der Waals surface area contributed by atoms with Crippen LogP contribution in [0.4, 0.5) is 5.69 Å². The first-order valence-corrected chi connectivity index (χ1v) is 8.15. The van der Waals surface area contributed by atoms with Crippen LogP contribution >= 0.6 is 43.5 Å². The number of amides is 1. The van der Waals surface area contributed by atoms with E-state index >= 15 is 0 Å². The van der Waals surface area contributed by atoms with Gasteiger partial charge in [-0.1, -0.05) is 45.7 Å². The van der Waals surface area contributed by atoms with Crippen LogP contribution in [0.2, 0.25) is 5.02 Å². The fraction of sp³-hybridized carbons (Fsp3) is 0.133. The van der Waals surface area contributed by atoms with Gasteiger partial charge in [-0.3, -0.25) is 4.79 Å². The quantitative estimate of drug-likeness (QED) is 0.681. The van der Waals surface area contributed by atoms with Gasteiger partial charge in [0.1, 0.15) is 0 Å². The molecule has 0 radical (unpaired) electrons. The summed E-state index contributed by atoms with van der Waals surface area (Å²) in [5, 5.41) is 3.52. The number of fused-ring (bicyclic) bond motifs is 1. The maximum atomic E-state index is 11.4. The molecule has 1 amide bonds. The molecule has 2 nitrogen and oxygen atoms in total. The fourth-order valence-electron chi connectivity index (χ4n) is 2.27. The molecule has 1 aliphatic rings. The van der Waals surface area contributed by atoms with Crippen molar-refractivity contribution >= 4 is 55.1 Å².